The van der Waals surface area contributed by atoms with E-state index < -0.39 is 65.0 Å². The molecule has 0 spiro atoms. The van der Waals surface area contributed by atoms with Crippen molar-refractivity contribution in [2.45, 2.75) is 37.1 Å². The molecule has 1 aromatic rings. The molecule has 16 nitrogen and oxygen atoms in total. The second-order valence-corrected chi connectivity index (χ2v) is 7.13. The number of esters is 1. The number of carboxylic acid groups (broad SMARTS) is 1. The summed E-state index contributed by atoms with van der Waals surface area (Å²) in [5.41, 5.74) is -3.77. The Morgan fingerprint density at radius 2 is 1.63 bits per heavy atom. The number of quaternary nitrogens is 1. The number of hydrogen-bond donors (Lipinski definition) is 11. The van der Waals surface area contributed by atoms with Gasteiger partial charge in [-0.1, -0.05) is 0 Å². The number of fused-ring (bicyclic) bond motifs is 1. The van der Waals surface area contributed by atoms with Crippen molar-refractivity contribution < 1.29 is 83.9 Å². The van der Waals surface area contributed by atoms with Crippen LogP contribution >= 0.6 is 0 Å². The zero-order chi connectivity index (χ0) is 29.7. The maximum absolute atomic E-state index is 13.3. The largest absolute Gasteiger partial charge is 0.483 e. The average Bonchev–Trinajstić information content (AvgIpc) is 3.41. The molecule has 0 bridgehead atoms. The normalized spacial score (nSPS) is 16.5. The Morgan fingerprint density at radius 3 is 2.00 bits per heavy atom. The Balaban J connectivity index is 0.00000116. The molecule has 14 N–H and O–H groups in total. The minimum Gasteiger partial charge on any atom is -0.483 e. The van der Waals surface area contributed by atoms with Crippen LogP contribution in [0.4, 0.5) is 13.2 Å². The van der Waals surface area contributed by atoms with E-state index in [0.29, 0.717) is 18.2 Å². The van der Waals surface area contributed by atoms with E-state index in [4.69, 9.17) is 15.1 Å². The summed E-state index contributed by atoms with van der Waals surface area (Å²) in [5, 5.41) is 72.8. The van der Waals surface area contributed by atoms with Gasteiger partial charge in [-0.15, -0.1) is 0 Å². The molecule has 218 valence electrons. The predicted molar refractivity (Wildman–Crippen MR) is 113 cm³/mol. The molecule has 1 atom stereocenters. The van der Waals surface area contributed by atoms with Crippen LogP contribution in [0, 0.1) is 0 Å². The molecule has 19 heteroatoms. The SMILES string of the molecule is C1CCNC1.NOCOC(=O)C1=Cc2cc(C(O)(O)O)cc(C(O)(O)O)c2OC1C(F)(F)F.O=CO.[NH3+]O. The van der Waals surface area contributed by atoms with E-state index in [9.17, 15) is 48.6 Å². The molecule has 1 fully saturated rings. The number of ether oxygens (including phenoxy) is 2. The lowest BCUT2D eigenvalue weighted by Crippen LogP contribution is -2.42. The number of benzene rings is 1. The van der Waals surface area contributed by atoms with E-state index in [1.807, 2.05) is 0 Å². The second kappa shape index (κ2) is 15.5. The van der Waals surface area contributed by atoms with E-state index in [1.165, 1.54) is 25.9 Å². The van der Waals surface area contributed by atoms with Crippen LogP contribution in [0.1, 0.15) is 29.5 Å². The molecular formula is C19H29F3N3O13+. The number of aliphatic hydroxyl groups is 6. The van der Waals surface area contributed by atoms with Crippen molar-refractivity contribution in [3.8, 4) is 5.75 Å². The molecular weight excluding hydrogens is 535 g/mol. The summed E-state index contributed by atoms with van der Waals surface area (Å²) < 4.78 is 49.0. The van der Waals surface area contributed by atoms with Crippen molar-refractivity contribution in [3.63, 3.8) is 0 Å². The summed E-state index contributed by atoms with van der Waals surface area (Å²) in [6, 6.07) is 1.02. The molecule has 1 aromatic carbocycles. The summed E-state index contributed by atoms with van der Waals surface area (Å²) in [5.74, 6) is -3.05. The van der Waals surface area contributed by atoms with Gasteiger partial charge in [-0.25, -0.2) is 21.8 Å². The highest BCUT2D eigenvalue weighted by Crippen LogP contribution is 2.43. The van der Waals surface area contributed by atoms with Crippen LogP contribution in [-0.2, 0) is 31.1 Å². The summed E-state index contributed by atoms with van der Waals surface area (Å²) in [6.07, 6.45) is -4.86. The van der Waals surface area contributed by atoms with Gasteiger partial charge in [0.05, 0.1) is 11.1 Å². The highest BCUT2D eigenvalue weighted by atomic mass is 19.4. The van der Waals surface area contributed by atoms with Crippen molar-refractivity contribution in [1.29, 1.82) is 0 Å². The smallest absolute Gasteiger partial charge is 0.430 e. The lowest BCUT2D eigenvalue weighted by Gasteiger charge is -2.31. The standard InChI is InChI=1S/C14H14F3NO10.C4H9N.CH2O2.H4NO/c15-12(16,17)10-7(11(19)26-4-27-18)2-5-1-6(13(20,21)22)3-8(9(5)28-10)14(23,24)25;1-2-4-5-3-1;2-1-3;1-2/h1-3,10,20-25H,4,18H2;5H,1-4H2;1H,(H,2,3);2H,1H3/q;;;+1. The molecule has 0 amide bonds. The molecule has 2 aliphatic rings. The molecule has 38 heavy (non-hydrogen) atoms. The first-order chi connectivity index (χ1) is 17.6. The Labute approximate surface area is 211 Å². The van der Waals surface area contributed by atoms with Crippen molar-refractivity contribution >= 4 is 18.5 Å². The molecule has 1 saturated heterocycles. The van der Waals surface area contributed by atoms with E-state index in [0.717, 1.165) is 0 Å². The number of alkyl halides is 3. The highest BCUT2D eigenvalue weighted by molar-refractivity contribution is 5.96. The third-order valence-electron chi connectivity index (χ3n) is 4.44. The van der Waals surface area contributed by atoms with Gasteiger partial charge in [-0.05, 0) is 44.1 Å². The van der Waals surface area contributed by atoms with Crippen LogP contribution < -0.4 is 21.8 Å². The monoisotopic (exact) mass is 564 g/mol. The zero-order valence-corrected chi connectivity index (χ0v) is 19.5. The predicted octanol–water partition coefficient (Wildman–Crippen LogP) is -3.35. The van der Waals surface area contributed by atoms with Crippen LogP contribution in [0.2, 0.25) is 0 Å². The van der Waals surface area contributed by atoms with Crippen LogP contribution in [0.25, 0.3) is 6.08 Å². The number of carbonyl (C=O) groups excluding carboxylic acids is 1. The molecule has 2 aliphatic heterocycles. The van der Waals surface area contributed by atoms with Gasteiger partial charge in [0.2, 0.25) is 12.9 Å². The first-order valence-electron chi connectivity index (χ1n) is 10.1. The Bertz CT molecular complexity index is 920. The number of nitrogens with two attached hydrogens (primary N) is 1. The summed E-state index contributed by atoms with van der Waals surface area (Å²) in [7, 11) is 0. The molecule has 0 aliphatic carbocycles. The van der Waals surface area contributed by atoms with Crippen LogP contribution in [0.5, 0.6) is 5.75 Å². The fraction of sp³-hybridized carbons (Fsp3) is 0.474. The Morgan fingerprint density at radius 1 is 1.11 bits per heavy atom. The van der Waals surface area contributed by atoms with E-state index in [1.54, 1.807) is 0 Å². The van der Waals surface area contributed by atoms with E-state index >= 15 is 0 Å². The van der Waals surface area contributed by atoms with Crippen molar-refractivity contribution in [2.75, 3.05) is 19.9 Å². The molecule has 1 unspecified atom stereocenters. The van der Waals surface area contributed by atoms with Gasteiger partial charge in [0.25, 0.3) is 6.47 Å². The van der Waals surface area contributed by atoms with Crippen LogP contribution in [0.3, 0.4) is 0 Å². The maximum Gasteiger partial charge on any atom is 0.430 e. The highest BCUT2D eigenvalue weighted by Gasteiger charge is 2.50. The summed E-state index contributed by atoms with van der Waals surface area (Å²) in [6.45, 7) is 1.35. The first kappa shape index (κ1) is 35.0. The van der Waals surface area contributed by atoms with Crippen LogP contribution in [0.15, 0.2) is 17.7 Å². The van der Waals surface area contributed by atoms with Gasteiger partial charge in [-0.2, -0.15) is 13.2 Å². The Kier molecular flexibility index (Phi) is 14.3. The number of hydrogen-bond acceptors (Lipinski definition) is 14. The topological polar surface area (TPSA) is 289 Å². The summed E-state index contributed by atoms with van der Waals surface area (Å²) >= 11 is 0. The quantitative estimate of drug-likeness (QED) is 0.0721. The van der Waals surface area contributed by atoms with E-state index in [-0.39, 0.29) is 6.47 Å². The second-order valence-electron chi connectivity index (χ2n) is 7.13. The van der Waals surface area contributed by atoms with Gasteiger partial charge >= 0.3 is 24.1 Å². The minimum absolute atomic E-state index is 0.250. The average molecular weight is 564 g/mol. The van der Waals surface area contributed by atoms with Gasteiger partial charge in [0.15, 0.2) is 0 Å². The van der Waals surface area contributed by atoms with Gasteiger partial charge in [0, 0.05) is 11.1 Å². The zero-order valence-electron chi connectivity index (χ0n) is 19.5. The van der Waals surface area contributed by atoms with Crippen molar-refractivity contribution in [1.82, 2.24) is 5.32 Å². The van der Waals surface area contributed by atoms with E-state index in [2.05, 4.69) is 31.4 Å². The molecule has 2 heterocycles. The number of nitrogens with one attached hydrogen (secondary N) is 1. The van der Waals surface area contributed by atoms with Crippen LogP contribution in [-0.4, -0.2) is 85.6 Å². The third kappa shape index (κ3) is 10.8. The lowest BCUT2D eigenvalue weighted by molar-refractivity contribution is -0.670. The lowest BCUT2D eigenvalue weighted by atomic mass is 9.95. The molecule has 3 rings (SSSR count). The number of halogens is 3. The van der Waals surface area contributed by atoms with Crippen molar-refractivity contribution in [2.24, 2.45) is 5.90 Å². The third-order valence-corrected chi connectivity index (χ3v) is 4.44. The van der Waals surface area contributed by atoms with Gasteiger partial charge in [-0.3, -0.25) is 9.63 Å². The molecule has 0 saturated carbocycles. The first-order valence-corrected chi connectivity index (χ1v) is 10.1. The maximum atomic E-state index is 13.3. The van der Waals surface area contributed by atoms with Gasteiger partial charge in [0.1, 0.15) is 5.75 Å². The fourth-order valence-corrected chi connectivity index (χ4v) is 2.96. The number of carbonyl (C=O) groups is 2. The summed E-state index contributed by atoms with van der Waals surface area (Å²) in [4.78, 5) is 24.2. The molecule has 0 aromatic heterocycles. The molecule has 0 radical (unpaired) electrons. The minimum atomic E-state index is -5.19. The van der Waals surface area contributed by atoms with Crippen molar-refractivity contribution in [3.05, 3.63) is 34.4 Å². The fourth-order valence-electron chi connectivity index (χ4n) is 2.96. The number of rotatable bonds is 5. The Hall–Kier alpha value is -2.95. The van der Waals surface area contributed by atoms with Gasteiger partial charge < -0.3 is 50.5 Å².